The number of hydrogen-bond acceptors (Lipinski definition) is 3. The summed E-state index contributed by atoms with van der Waals surface area (Å²) in [6.45, 7) is 1.57. The highest BCUT2D eigenvalue weighted by molar-refractivity contribution is 7.85. The van der Waals surface area contributed by atoms with Gasteiger partial charge in [0.05, 0.1) is 11.9 Å². The monoisotopic (exact) mass is 168 g/mol. The van der Waals surface area contributed by atoms with E-state index in [1.165, 1.54) is 0 Å². The lowest BCUT2D eigenvalue weighted by molar-refractivity contribution is 0.183. The van der Waals surface area contributed by atoms with Crippen molar-refractivity contribution in [2.45, 2.75) is 25.9 Å². The van der Waals surface area contributed by atoms with Gasteiger partial charge in [-0.2, -0.15) is 8.42 Å². The van der Waals surface area contributed by atoms with Crippen LogP contribution in [0.1, 0.15) is 19.8 Å². The minimum Gasteiger partial charge on any atom is -0.393 e. The Labute approximate surface area is 60.6 Å². The molecule has 4 nitrogen and oxygen atoms in total. The molecule has 0 radical (unpaired) electrons. The summed E-state index contributed by atoms with van der Waals surface area (Å²) < 4.78 is 28.4. The summed E-state index contributed by atoms with van der Waals surface area (Å²) >= 11 is 0. The maximum absolute atomic E-state index is 10.1. The Morgan fingerprint density at radius 2 is 2.00 bits per heavy atom. The summed E-state index contributed by atoms with van der Waals surface area (Å²) in [6, 6.07) is 0. The topological polar surface area (TPSA) is 74.6 Å². The summed E-state index contributed by atoms with van der Waals surface area (Å²) in [7, 11) is -3.83. The van der Waals surface area contributed by atoms with Crippen LogP contribution < -0.4 is 0 Å². The van der Waals surface area contributed by atoms with E-state index in [0.717, 1.165) is 0 Å². The van der Waals surface area contributed by atoms with Gasteiger partial charge in [0.1, 0.15) is 0 Å². The van der Waals surface area contributed by atoms with Crippen LogP contribution >= 0.6 is 0 Å². The lowest BCUT2D eigenvalue weighted by Crippen LogP contribution is -2.07. The van der Waals surface area contributed by atoms with E-state index in [4.69, 9.17) is 9.66 Å². The zero-order valence-corrected chi connectivity index (χ0v) is 6.63. The zero-order valence-electron chi connectivity index (χ0n) is 5.82. The van der Waals surface area contributed by atoms with Gasteiger partial charge in [-0.1, -0.05) is 0 Å². The van der Waals surface area contributed by atoms with Gasteiger partial charge in [-0.05, 0) is 19.8 Å². The van der Waals surface area contributed by atoms with E-state index in [2.05, 4.69) is 0 Å². The molecule has 0 aliphatic carbocycles. The standard InChI is InChI=1S/C5H12O4S/c1-5(6)3-2-4-10(7,8)9/h5-6H,2-4H2,1H3,(H,7,8,9)/t5-/m0/s1. The molecule has 0 fully saturated rings. The van der Waals surface area contributed by atoms with Gasteiger partial charge in [-0.25, -0.2) is 0 Å². The summed E-state index contributed by atoms with van der Waals surface area (Å²) in [6.07, 6.45) is 0.206. The first-order valence-corrected chi connectivity index (χ1v) is 4.66. The van der Waals surface area contributed by atoms with Gasteiger partial charge < -0.3 is 5.11 Å². The van der Waals surface area contributed by atoms with E-state index in [1.807, 2.05) is 0 Å². The van der Waals surface area contributed by atoms with Crippen LogP contribution in [0.15, 0.2) is 0 Å². The molecule has 0 spiro atoms. The third kappa shape index (κ3) is 7.87. The minimum atomic E-state index is -3.83. The molecule has 0 aromatic rings. The van der Waals surface area contributed by atoms with Gasteiger partial charge in [0.2, 0.25) is 0 Å². The number of hydrogen-bond donors (Lipinski definition) is 2. The molecule has 0 rings (SSSR count). The van der Waals surface area contributed by atoms with Crippen molar-refractivity contribution < 1.29 is 18.1 Å². The molecule has 0 saturated heterocycles. The van der Waals surface area contributed by atoms with E-state index in [-0.39, 0.29) is 5.75 Å². The van der Waals surface area contributed by atoms with Crippen molar-refractivity contribution in [3.05, 3.63) is 0 Å². The molecule has 0 heterocycles. The van der Waals surface area contributed by atoms with Crippen LogP contribution in [-0.2, 0) is 10.1 Å². The van der Waals surface area contributed by atoms with Crippen LogP contribution in [-0.4, -0.2) is 29.9 Å². The third-order valence-electron chi connectivity index (χ3n) is 1.02. The number of rotatable bonds is 4. The summed E-state index contributed by atoms with van der Waals surface area (Å²) in [5.41, 5.74) is 0. The molecular weight excluding hydrogens is 156 g/mol. The lowest BCUT2D eigenvalue weighted by atomic mass is 10.2. The number of aliphatic hydroxyl groups is 1. The SMILES string of the molecule is C[C@H](O)CCCS(=O)(=O)O. The van der Waals surface area contributed by atoms with Crippen molar-refractivity contribution in [1.82, 2.24) is 0 Å². The van der Waals surface area contributed by atoms with E-state index < -0.39 is 16.2 Å². The first-order valence-electron chi connectivity index (χ1n) is 3.05. The van der Waals surface area contributed by atoms with Crippen molar-refractivity contribution in [2.75, 3.05) is 5.75 Å². The van der Waals surface area contributed by atoms with Gasteiger partial charge in [-0.3, -0.25) is 4.55 Å². The highest BCUT2D eigenvalue weighted by Crippen LogP contribution is 1.97. The largest absolute Gasteiger partial charge is 0.393 e. The second kappa shape index (κ2) is 3.90. The normalized spacial score (nSPS) is 15.1. The zero-order chi connectivity index (χ0) is 8.20. The van der Waals surface area contributed by atoms with Gasteiger partial charge >= 0.3 is 0 Å². The molecule has 0 aliphatic rings. The number of aliphatic hydroxyl groups excluding tert-OH is 1. The van der Waals surface area contributed by atoms with Crippen LogP contribution in [0.2, 0.25) is 0 Å². The minimum absolute atomic E-state index is 0.266. The fourth-order valence-electron chi connectivity index (χ4n) is 0.561. The van der Waals surface area contributed by atoms with Crippen LogP contribution in [0.3, 0.4) is 0 Å². The fraction of sp³-hybridized carbons (Fsp3) is 1.00. The van der Waals surface area contributed by atoms with Gasteiger partial charge in [0, 0.05) is 0 Å². The Morgan fingerprint density at radius 3 is 2.30 bits per heavy atom. The quantitative estimate of drug-likeness (QED) is 0.581. The van der Waals surface area contributed by atoms with Crippen molar-refractivity contribution in [3.8, 4) is 0 Å². The molecule has 0 unspecified atom stereocenters. The van der Waals surface area contributed by atoms with Crippen molar-refractivity contribution >= 4 is 10.1 Å². The predicted molar refractivity (Wildman–Crippen MR) is 37.3 cm³/mol. The third-order valence-corrected chi connectivity index (χ3v) is 1.83. The van der Waals surface area contributed by atoms with Crippen molar-refractivity contribution in [3.63, 3.8) is 0 Å². The Morgan fingerprint density at radius 1 is 1.50 bits per heavy atom. The second-order valence-corrected chi connectivity index (χ2v) is 3.85. The van der Waals surface area contributed by atoms with E-state index >= 15 is 0 Å². The van der Waals surface area contributed by atoms with Crippen LogP contribution in [0, 0.1) is 0 Å². The second-order valence-electron chi connectivity index (χ2n) is 2.28. The highest BCUT2D eigenvalue weighted by Gasteiger charge is 2.04. The van der Waals surface area contributed by atoms with Crippen molar-refractivity contribution in [1.29, 1.82) is 0 Å². The summed E-state index contributed by atoms with van der Waals surface area (Å²) in [5.74, 6) is -0.266. The summed E-state index contributed by atoms with van der Waals surface area (Å²) in [5, 5.41) is 8.67. The average Bonchev–Trinajstić information content (AvgIpc) is 1.59. The fourth-order valence-corrected chi connectivity index (χ4v) is 1.09. The molecule has 10 heavy (non-hydrogen) atoms. The van der Waals surface area contributed by atoms with Gasteiger partial charge in [-0.15, -0.1) is 0 Å². The molecule has 5 heteroatoms. The van der Waals surface area contributed by atoms with E-state index in [0.29, 0.717) is 12.8 Å². The maximum Gasteiger partial charge on any atom is 0.264 e. The van der Waals surface area contributed by atoms with Crippen LogP contribution in [0.5, 0.6) is 0 Å². The first-order chi connectivity index (χ1) is 4.42. The van der Waals surface area contributed by atoms with Crippen molar-refractivity contribution in [2.24, 2.45) is 0 Å². The van der Waals surface area contributed by atoms with Gasteiger partial charge in [0.15, 0.2) is 0 Å². The highest BCUT2D eigenvalue weighted by atomic mass is 32.2. The van der Waals surface area contributed by atoms with E-state index in [9.17, 15) is 8.42 Å². The van der Waals surface area contributed by atoms with E-state index in [1.54, 1.807) is 6.92 Å². The molecule has 0 amide bonds. The molecule has 2 N–H and O–H groups in total. The molecule has 62 valence electrons. The lowest BCUT2D eigenvalue weighted by Gasteiger charge is -2.00. The Hall–Kier alpha value is -0.130. The molecular formula is C5H12O4S. The van der Waals surface area contributed by atoms with Crippen LogP contribution in [0.4, 0.5) is 0 Å². The Kier molecular flexibility index (Phi) is 3.85. The molecule has 0 aliphatic heterocycles. The predicted octanol–water partition coefficient (Wildman–Crippen LogP) is 0.0352. The molecule has 0 saturated carbocycles. The maximum atomic E-state index is 10.1. The molecule has 1 atom stereocenters. The van der Waals surface area contributed by atoms with Crippen LogP contribution in [0.25, 0.3) is 0 Å². The average molecular weight is 168 g/mol. The molecule has 0 aromatic carbocycles. The Bertz CT molecular complexity index is 170. The smallest absolute Gasteiger partial charge is 0.264 e. The molecule has 0 aromatic heterocycles. The summed E-state index contributed by atoms with van der Waals surface area (Å²) in [4.78, 5) is 0. The molecule has 0 bridgehead atoms. The Balaban J connectivity index is 3.39. The first kappa shape index (κ1) is 9.87. The van der Waals surface area contributed by atoms with Gasteiger partial charge in [0.25, 0.3) is 10.1 Å².